The summed E-state index contributed by atoms with van der Waals surface area (Å²) in [5.41, 5.74) is 1.53. The molecule has 8 nitrogen and oxygen atoms in total. The number of ether oxygens (including phenoxy) is 1. The van der Waals surface area contributed by atoms with Gasteiger partial charge in [-0.2, -0.15) is 0 Å². The third-order valence-corrected chi connectivity index (χ3v) is 6.70. The van der Waals surface area contributed by atoms with Crippen molar-refractivity contribution >= 4 is 11.8 Å². The van der Waals surface area contributed by atoms with E-state index in [0.717, 1.165) is 12.0 Å². The summed E-state index contributed by atoms with van der Waals surface area (Å²) in [6.07, 6.45) is 0.738. The Balaban J connectivity index is 1.50. The zero-order valence-electron chi connectivity index (χ0n) is 18.3. The zero-order valence-corrected chi connectivity index (χ0v) is 18.3. The standard InChI is InChI=1S/C23H29N3O5/c1-15-4-6-19(7-5-15)30-11-20-16(2)31-24-21(20)22(29)25-9-8-18-10-26(17(3)28)13-23(18,12-25)14-27/h4-7,18,27H,8-14H2,1-3H3/t18-,23+/m1/s1. The number of nitrogens with zero attached hydrogens (tertiary/aromatic N) is 3. The Labute approximate surface area is 181 Å². The molecule has 0 saturated carbocycles. The number of hydrogen-bond acceptors (Lipinski definition) is 6. The fourth-order valence-corrected chi connectivity index (χ4v) is 4.69. The molecular formula is C23H29N3O5. The number of benzene rings is 1. The van der Waals surface area contributed by atoms with Crippen molar-refractivity contribution in [2.45, 2.75) is 33.8 Å². The lowest BCUT2D eigenvalue weighted by Crippen LogP contribution is -2.52. The van der Waals surface area contributed by atoms with Crippen LogP contribution in [-0.4, -0.2) is 64.7 Å². The van der Waals surface area contributed by atoms with Gasteiger partial charge in [-0.15, -0.1) is 0 Å². The third kappa shape index (κ3) is 4.04. The highest BCUT2D eigenvalue weighted by Gasteiger charge is 2.51. The molecule has 2 aromatic rings. The molecule has 3 heterocycles. The van der Waals surface area contributed by atoms with E-state index >= 15 is 0 Å². The van der Waals surface area contributed by atoms with Crippen LogP contribution in [0, 0.1) is 25.2 Å². The molecule has 1 aromatic carbocycles. The van der Waals surface area contributed by atoms with Gasteiger partial charge in [-0.3, -0.25) is 9.59 Å². The van der Waals surface area contributed by atoms with Crippen molar-refractivity contribution in [3.05, 3.63) is 46.8 Å². The maximum Gasteiger partial charge on any atom is 0.276 e. The smallest absolute Gasteiger partial charge is 0.276 e. The quantitative estimate of drug-likeness (QED) is 0.786. The summed E-state index contributed by atoms with van der Waals surface area (Å²) in [4.78, 5) is 28.7. The Kier molecular flexibility index (Phi) is 5.75. The fourth-order valence-electron chi connectivity index (χ4n) is 4.69. The number of piperidine rings is 1. The minimum atomic E-state index is -0.489. The minimum Gasteiger partial charge on any atom is -0.489 e. The van der Waals surface area contributed by atoms with Crippen LogP contribution < -0.4 is 4.74 Å². The summed E-state index contributed by atoms with van der Waals surface area (Å²) in [5.74, 6) is 1.22. The lowest BCUT2D eigenvalue weighted by Gasteiger charge is -2.42. The molecule has 2 atom stereocenters. The van der Waals surface area contributed by atoms with Crippen LogP contribution in [0.4, 0.5) is 0 Å². The topological polar surface area (TPSA) is 96.1 Å². The van der Waals surface area contributed by atoms with Gasteiger partial charge in [0.05, 0.1) is 12.2 Å². The van der Waals surface area contributed by atoms with Gasteiger partial charge in [-0.1, -0.05) is 22.9 Å². The maximum atomic E-state index is 13.3. The normalized spacial score (nSPS) is 23.0. The van der Waals surface area contributed by atoms with E-state index in [1.54, 1.807) is 23.6 Å². The second kappa shape index (κ2) is 8.34. The Morgan fingerprint density at radius 3 is 2.61 bits per heavy atom. The molecule has 0 aliphatic carbocycles. The van der Waals surface area contributed by atoms with Crippen LogP contribution in [0.3, 0.4) is 0 Å². The van der Waals surface area contributed by atoms with E-state index in [1.165, 1.54) is 0 Å². The third-order valence-electron chi connectivity index (χ3n) is 6.70. The number of carbonyl (C=O) groups excluding carboxylic acids is 2. The molecule has 2 fully saturated rings. The number of rotatable bonds is 5. The summed E-state index contributed by atoms with van der Waals surface area (Å²) in [5, 5.41) is 14.2. The molecule has 2 saturated heterocycles. The van der Waals surface area contributed by atoms with E-state index < -0.39 is 5.41 Å². The number of aliphatic hydroxyl groups is 1. The Hall–Kier alpha value is -2.87. The Morgan fingerprint density at radius 2 is 1.94 bits per heavy atom. The predicted octanol–water partition coefficient (Wildman–Crippen LogP) is 2.17. The second-order valence-electron chi connectivity index (χ2n) is 8.80. The monoisotopic (exact) mass is 427 g/mol. The molecule has 8 heteroatoms. The summed E-state index contributed by atoms with van der Waals surface area (Å²) < 4.78 is 11.2. The number of amides is 2. The molecule has 0 spiro atoms. The van der Waals surface area contributed by atoms with Crippen LogP contribution in [0.5, 0.6) is 5.75 Å². The Bertz CT molecular complexity index is 970. The lowest BCUT2D eigenvalue weighted by molar-refractivity contribution is -0.128. The number of fused-ring (bicyclic) bond motifs is 1. The first-order chi connectivity index (χ1) is 14.8. The van der Waals surface area contributed by atoms with Crippen LogP contribution in [-0.2, 0) is 11.4 Å². The van der Waals surface area contributed by atoms with E-state index in [-0.39, 0.29) is 36.6 Å². The van der Waals surface area contributed by atoms with Crippen LogP contribution in [0.15, 0.2) is 28.8 Å². The van der Waals surface area contributed by atoms with Gasteiger partial charge < -0.3 is 24.2 Å². The van der Waals surface area contributed by atoms with Crippen LogP contribution in [0.1, 0.15) is 40.7 Å². The Morgan fingerprint density at radius 1 is 1.23 bits per heavy atom. The molecule has 0 bridgehead atoms. The SMILES string of the molecule is CC(=O)N1C[C@H]2CCN(C(=O)c3noc(C)c3COc3ccc(C)cc3)C[C@@]2(CO)C1. The van der Waals surface area contributed by atoms with Gasteiger partial charge in [-0.05, 0) is 38.3 Å². The van der Waals surface area contributed by atoms with Gasteiger partial charge in [0.2, 0.25) is 5.91 Å². The molecular weight excluding hydrogens is 398 g/mol. The molecule has 0 radical (unpaired) electrons. The number of carbonyl (C=O) groups is 2. The first-order valence-electron chi connectivity index (χ1n) is 10.6. The second-order valence-corrected chi connectivity index (χ2v) is 8.80. The molecule has 2 aliphatic heterocycles. The van der Waals surface area contributed by atoms with E-state index in [9.17, 15) is 14.7 Å². The number of likely N-dealkylation sites (tertiary alicyclic amines) is 2. The fraction of sp³-hybridized carbons (Fsp3) is 0.522. The van der Waals surface area contributed by atoms with Gasteiger partial charge in [-0.25, -0.2) is 0 Å². The number of aryl methyl sites for hydroxylation is 2. The van der Waals surface area contributed by atoms with Crippen molar-refractivity contribution in [1.82, 2.24) is 15.0 Å². The zero-order chi connectivity index (χ0) is 22.2. The number of hydrogen-bond donors (Lipinski definition) is 1. The first-order valence-corrected chi connectivity index (χ1v) is 10.6. The number of aliphatic hydroxyl groups excluding tert-OH is 1. The van der Waals surface area contributed by atoms with Crippen molar-refractivity contribution in [3.8, 4) is 5.75 Å². The van der Waals surface area contributed by atoms with E-state index in [4.69, 9.17) is 9.26 Å². The van der Waals surface area contributed by atoms with Gasteiger partial charge in [0.1, 0.15) is 18.1 Å². The van der Waals surface area contributed by atoms with E-state index in [0.29, 0.717) is 43.3 Å². The van der Waals surface area contributed by atoms with Crippen molar-refractivity contribution in [2.24, 2.45) is 11.3 Å². The molecule has 1 aromatic heterocycles. The summed E-state index contributed by atoms with van der Waals surface area (Å²) in [6.45, 7) is 7.48. The highest BCUT2D eigenvalue weighted by atomic mass is 16.5. The highest BCUT2D eigenvalue weighted by molar-refractivity contribution is 5.94. The number of aromatic nitrogens is 1. The lowest BCUT2D eigenvalue weighted by atomic mass is 9.74. The van der Waals surface area contributed by atoms with Gasteiger partial charge in [0.25, 0.3) is 5.91 Å². The van der Waals surface area contributed by atoms with E-state index in [1.807, 2.05) is 31.2 Å². The van der Waals surface area contributed by atoms with Crippen LogP contribution in [0.2, 0.25) is 0 Å². The molecule has 2 aliphatic rings. The molecule has 4 rings (SSSR count). The maximum absolute atomic E-state index is 13.3. The molecule has 0 unspecified atom stereocenters. The largest absolute Gasteiger partial charge is 0.489 e. The van der Waals surface area contributed by atoms with Crippen LogP contribution >= 0.6 is 0 Å². The molecule has 2 amide bonds. The van der Waals surface area contributed by atoms with Gasteiger partial charge >= 0.3 is 0 Å². The first kappa shape index (κ1) is 21.4. The predicted molar refractivity (Wildman–Crippen MR) is 113 cm³/mol. The van der Waals surface area contributed by atoms with Crippen molar-refractivity contribution < 1.29 is 24.0 Å². The summed E-state index contributed by atoms with van der Waals surface area (Å²) >= 11 is 0. The van der Waals surface area contributed by atoms with Gasteiger partial charge in [0, 0.05) is 38.5 Å². The summed E-state index contributed by atoms with van der Waals surface area (Å²) in [6, 6.07) is 7.70. The summed E-state index contributed by atoms with van der Waals surface area (Å²) in [7, 11) is 0. The average molecular weight is 428 g/mol. The molecule has 31 heavy (non-hydrogen) atoms. The molecule has 1 N–H and O–H groups in total. The van der Waals surface area contributed by atoms with Gasteiger partial charge in [0.15, 0.2) is 5.69 Å². The van der Waals surface area contributed by atoms with E-state index in [2.05, 4.69) is 5.16 Å². The van der Waals surface area contributed by atoms with Crippen molar-refractivity contribution in [3.63, 3.8) is 0 Å². The van der Waals surface area contributed by atoms with Crippen molar-refractivity contribution in [2.75, 3.05) is 32.8 Å². The highest BCUT2D eigenvalue weighted by Crippen LogP contribution is 2.42. The average Bonchev–Trinajstić information content (AvgIpc) is 3.33. The van der Waals surface area contributed by atoms with Crippen molar-refractivity contribution in [1.29, 1.82) is 0 Å². The minimum absolute atomic E-state index is 0.00256. The van der Waals surface area contributed by atoms with Crippen LogP contribution in [0.25, 0.3) is 0 Å². The molecule has 166 valence electrons.